The summed E-state index contributed by atoms with van der Waals surface area (Å²) >= 11 is 0. The Labute approximate surface area is 185 Å². The van der Waals surface area contributed by atoms with Crippen LogP contribution in [0.2, 0.25) is 0 Å². The summed E-state index contributed by atoms with van der Waals surface area (Å²) in [6, 6.07) is 8.94. The van der Waals surface area contributed by atoms with Gasteiger partial charge in [-0.2, -0.15) is 5.10 Å². The van der Waals surface area contributed by atoms with Gasteiger partial charge in [-0.15, -0.1) is 0 Å². The maximum Gasteiger partial charge on any atom is 0.164 e. The molecule has 2 aromatic heterocycles. The third-order valence-electron chi connectivity index (χ3n) is 7.50. The highest BCUT2D eigenvalue weighted by Crippen LogP contribution is 2.60. The van der Waals surface area contributed by atoms with Gasteiger partial charge in [-0.1, -0.05) is 12.1 Å². The number of aliphatic hydroxyl groups excluding tert-OH is 1. The molecule has 1 aromatic carbocycles. The van der Waals surface area contributed by atoms with Crippen molar-refractivity contribution in [1.82, 2.24) is 19.7 Å². The van der Waals surface area contributed by atoms with Crippen molar-refractivity contribution in [2.24, 2.45) is 5.73 Å². The van der Waals surface area contributed by atoms with Gasteiger partial charge in [0.05, 0.1) is 36.3 Å². The summed E-state index contributed by atoms with van der Waals surface area (Å²) in [6.45, 7) is 1.08. The number of ether oxygens (including phenoxy) is 2. The Kier molecular flexibility index (Phi) is 3.89. The van der Waals surface area contributed by atoms with Crippen molar-refractivity contribution in [3.05, 3.63) is 30.5 Å². The molecule has 3 N–H and O–H groups in total. The molecule has 4 aliphatic rings. The number of piperidine rings is 1. The van der Waals surface area contributed by atoms with Crippen LogP contribution >= 0.6 is 0 Å². The third kappa shape index (κ3) is 2.52. The largest absolute Gasteiger partial charge is 0.491 e. The fourth-order valence-corrected chi connectivity index (χ4v) is 5.42. The topological polar surface area (TPSA) is 112 Å². The summed E-state index contributed by atoms with van der Waals surface area (Å²) in [5.41, 5.74) is 7.33. The number of hydrogen-bond acceptors (Lipinski definition) is 8. The molecule has 2 saturated carbocycles. The van der Waals surface area contributed by atoms with E-state index in [-0.39, 0.29) is 18.8 Å². The van der Waals surface area contributed by atoms with Gasteiger partial charge in [0.2, 0.25) is 0 Å². The lowest BCUT2D eigenvalue weighted by atomic mass is 9.58. The number of hydrogen-bond donors (Lipinski definition) is 2. The SMILES string of the molecule is NCC(O)COc1cccc(-c2nc(N3C4CCC45OCC35)c3cnn(C4CC4)c3n2)c1. The van der Waals surface area contributed by atoms with E-state index in [1.807, 2.05) is 30.5 Å². The number of benzene rings is 1. The van der Waals surface area contributed by atoms with E-state index in [4.69, 9.17) is 25.2 Å². The monoisotopic (exact) mass is 434 g/mol. The standard InChI is InChI=1S/C23H26N6O3/c24-9-15(30)11-31-16-3-1-2-13(8-16)20-26-21(28-18-6-7-23(18)19(28)12-32-23)17-10-25-29(14-4-5-14)22(17)27-20/h1-3,8,10,14-15,18-19,30H,4-7,9,11-12,24H2. The Balaban J connectivity index is 1.30. The predicted octanol–water partition coefficient (Wildman–Crippen LogP) is 1.65. The van der Waals surface area contributed by atoms with Gasteiger partial charge < -0.3 is 25.2 Å². The van der Waals surface area contributed by atoms with Crippen molar-refractivity contribution in [1.29, 1.82) is 0 Å². The number of nitrogens with zero attached hydrogens (tertiary/aromatic N) is 5. The van der Waals surface area contributed by atoms with Crippen molar-refractivity contribution in [2.75, 3.05) is 24.7 Å². The van der Waals surface area contributed by atoms with E-state index in [2.05, 4.69) is 14.7 Å². The zero-order valence-corrected chi connectivity index (χ0v) is 17.7. The zero-order valence-electron chi connectivity index (χ0n) is 17.7. The van der Waals surface area contributed by atoms with Crippen LogP contribution in [0.4, 0.5) is 5.82 Å². The summed E-state index contributed by atoms with van der Waals surface area (Å²) < 4.78 is 13.8. The minimum atomic E-state index is -0.690. The van der Waals surface area contributed by atoms with Gasteiger partial charge in [0.15, 0.2) is 11.5 Å². The first-order valence-electron chi connectivity index (χ1n) is 11.5. The summed E-state index contributed by atoms with van der Waals surface area (Å²) in [7, 11) is 0. The van der Waals surface area contributed by atoms with E-state index < -0.39 is 6.10 Å². The highest BCUT2D eigenvalue weighted by atomic mass is 16.5. The molecule has 2 aliphatic heterocycles. The van der Waals surface area contributed by atoms with Crippen LogP contribution in [0.15, 0.2) is 30.5 Å². The molecule has 2 aliphatic carbocycles. The summed E-state index contributed by atoms with van der Waals surface area (Å²) in [5, 5.41) is 15.4. The summed E-state index contributed by atoms with van der Waals surface area (Å²) in [5.74, 6) is 2.29. The number of morpholine rings is 1. The van der Waals surface area contributed by atoms with Crippen LogP contribution in [0.3, 0.4) is 0 Å². The van der Waals surface area contributed by atoms with Crippen LogP contribution in [0.1, 0.15) is 31.7 Å². The molecule has 0 amide bonds. The van der Waals surface area contributed by atoms with Crippen LogP contribution < -0.4 is 15.4 Å². The van der Waals surface area contributed by atoms with Gasteiger partial charge in [-0.05, 0) is 37.8 Å². The Morgan fingerprint density at radius 2 is 2.16 bits per heavy atom. The highest BCUT2D eigenvalue weighted by Gasteiger charge is 2.73. The number of aliphatic hydroxyl groups is 1. The van der Waals surface area contributed by atoms with Gasteiger partial charge in [-0.25, -0.2) is 14.6 Å². The Morgan fingerprint density at radius 3 is 2.84 bits per heavy atom. The molecular weight excluding hydrogens is 408 g/mol. The fourth-order valence-electron chi connectivity index (χ4n) is 5.42. The molecule has 4 atom stereocenters. The van der Waals surface area contributed by atoms with E-state index >= 15 is 0 Å². The molecule has 4 fully saturated rings. The molecule has 32 heavy (non-hydrogen) atoms. The molecule has 0 bridgehead atoms. The molecule has 166 valence electrons. The van der Waals surface area contributed by atoms with Crippen LogP contribution in [0.25, 0.3) is 22.4 Å². The highest BCUT2D eigenvalue weighted by molar-refractivity contribution is 5.90. The van der Waals surface area contributed by atoms with Gasteiger partial charge in [0.1, 0.15) is 29.9 Å². The minimum Gasteiger partial charge on any atom is -0.491 e. The lowest BCUT2D eigenvalue weighted by Gasteiger charge is -2.75. The second-order valence-electron chi connectivity index (χ2n) is 9.40. The van der Waals surface area contributed by atoms with Gasteiger partial charge in [0.25, 0.3) is 0 Å². The number of nitrogens with two attached hydrogens (primary N) is 1. The van der Waals surface area contributed by atoms with Crippen molar-refractivity contribution < 1.29 is 14.6 Å². The first-order valence-corrected chi connectivity index (χ1v) is 11.5. The van der Waals surface area contributed by atoms with Crippen LogP contribution in [-0.4, -0.2) is 68.4 Å². The molecular formula is C23H26N6O3. The Bertz CT molecular complexity index is 1190. The number of rotatable bonds is 7. The average molecular weight is 435 g/mol. The van der Waals surface area contributed by atoms with E-state index in [1.54, 1.807) is 0 Å². The second kappa shape index (κ2) is 6.63. The first kappa shape index (κ1) is 18.8. The van der Waals surface area contributed by atoms with Crippen molar-refractivity contribution in [2.45, 2.75) is 55.5 Å². The molecule has 2 saturated heterocycles. The van der Waals surface area contributed by atoms with E-state index in [9.17, 15) is 5.11 Å². The Morgan fingerprint density at radius 1 is 1.25 bits per heavy atom. The summed E-state index contributed by atoms with van der Waals surface area (Å²) in [6.07, 6.45) is 5.81. The van der Waals surface area contributed by atoms with Crippen LogP contribution in [-0.2, 0) is 4.74 Å². The number of fused-ring (bicyclic) bond motifs is 1. The Hall–Kier alpha value is -2.75. The van der Waals surface area contributed by atoms with Gasteiger partial charge in [0, 0.05) is 12.1 Å². The fraction of sp³-hybridized carbons (Fsp3) is 0.522. The molecule has 3 aromatic rings. The van der Waals surface area contributed by atoms with Gasteiger partial charge in [-0.3, -0.25) is 0 Å². The molecule has 0 radical (unpaired) electrons. The normalized spacial score (nSPS) is 28.9. The molecule has 9 heteroatoms. The zero-order chi connectivity index (χ0) is 21.4. The molecule has 4 heterocycles. The number of anilines is 1. The van der Waals surface area contributed by atoms with Crippen molar-refractivity contribution in [3.63, 3.8) is 0 Å². The molecule has 1 spiro atoms. The first-order chi connectivity index (χ1) is 15.7. The van der Waals surface area contributed by atoms with Crippen molar-refractivity contribution >= 4 is 16.9 Å². The predicted molar refractivity (Wildman–Crippen MR) is 118 cm³/mol. The maximum absolute atomic E-state index is 9.72. The molecule has 9 nitrogen and oxygen atoms in total. The van der Waals surface area contributed by atoms with Gasteiger partial charge >= 0.3 is 0 Å². The molecule has 4 unspecified atom stereocenters. The smallest absolute Gasteiger partial charge is 0.164 e. The van der Waals surface area contributed by atoms with E-state index in [0.717, 1.165) is 54.7 Å². The lowest BCUT2D eigenvalue weighted by Crippen LogP contribution is -2.90. The third-order valence-corrected chi connectivity index (χ3v) is 7.50. The minimum absolute atomic E-state index is 0.0709. The average Bonchev–Trinajstić information content (AvgIpc) is 3.53. The van der Waals surface area contributed by atoms with Crippen LogP contribution in [0.5, 0.6) is 5.75 Å². The summed E-state index contributed by atoms with van der Waals surface area (Å²) in [4.78, 5) is 12.4. The van der Waals surface area contributed by atoms with Crippen LogP contribution in [0, 0.1) is 0 Å². The quantitative estimate of drug-likeness (QED) is 0.577. The number of aromatic nitrogens is 4. The maximum atomic E-state index is 9.72. The van der Waals surface area contributed by atoms with Crippen molar-refractivity contribution in [3.8, 4) is 17.1 Å². The molecule has 7 rings (SSSR count). The second-order valence-corrected chi connectivity index (χ2v) is 9.40. The lowest BCUT2D eigenvalue weighted by molar-refractivity contribution is -0.276. The van der Waals surface area contributed by atoms with E-state index in [0.29, 0.717) is 29.7 Å². The van der Waals surface area contributed by atoms with E-state index in [1.165, 1.54) is 0 Å².